The zero-order valence-corrected chi connectivity index (χ0v) is 10.8. The summed E-state index contributed by atoms with van der Waals surface area (Å²) in [5.74, 6) is -0.721. The molecule has 0 saturated heterocycles. The lowest BCUT2D eigenvalue weighted by molar-refractivity contribution is -0.0120. The number of anilines is 1. The second kappa shape index (κ2) is 9.71. The molecule has 0 aromatic heterocycles. The first-order chi connectivity index (χ1) is 8.06. The van der Waals surface area contributed by atoms with Gasteiger partial charge in [-0.05, 0) is 24.6 Å². The maximum absolute atomic E-state index is 9.29. The lowest BCUT2D eigenvalue weighted by Crippen LogP contribution is -2.15. The summed E-state index contributed by atoms with van der Waals surface area (Å²) in [4.78, 5) is 4.44. The Kier molecular flexibility index (Phi) is 10.2. The summed E-state index contributed by atoms with van der Waals surface area (Å²) < 4.78 is 0. The molecule has 0 amide bonds. The Labute approximate surface area is 101 Å². The fourth-order valence-electron chi connectivity index (χ4n) is 0.985. The number of hydrogen-bond acceptors (Lipinski definition) is 6. The number of nitrogens with zero attached hydrogens (tertiary/aromatic N) is 1. The number of aliphatic hydroxyl groups excluding tert-OH is 1. The highest BCUT2D eigenvalue weighted by Gasteiger charge is 2.12. The molecule has 100 valence electrons. The van der Waals surface area contributed by atoms with Crippen molar-refractivity contribution in [2.24, 2.45) is 0 Å². The predicted octanol–water partition coefficient (Wildman–Crippen LogP) is 1.80. The topological polar surface area (TPSA) is 93.4 Å². The van der Waals surface area contributed by atoms with Gasteiger partial charge in [0.1, 0.15) is 5.69 Å². The normalized spacial score (nSPS) is 8.41. The molecule has 4 N–H and O–H groups in total. The van der Waals surface area contributed by atoms with Gasteiger partial charge in [-0.1, -0.05) is 13.8 Å². The summed E-state index contributed by atoms with van der Waals surface area (Å²) in [5, 5.41) is 34.9. The standard InChI is InChI=1S/C8H11NO4.C2H6.CH4O/c1-5-3-6(9(12)13-2)8(11)7(10)4-5;2*1-2/h3-4,10-12H,1-2H3;1-2H3;2H,1H3. The second-order valence-electron chi connectivity index (χ2n) is 2.61. The van der Waals surface area contributed by atoms with E-state index >= 15 is 0 Å². The highest BCUT2D eigenvalue weighted by Crippen LogP contribution is 2.36. The maximum atomic E-state index is 9.29. The molecule has 0 unspecified atom stereocenters. The van der Waals surface area contributed by atoms with Gasteiger partial charge < -0.3 is 15.3 Å². The first kappa shape index (κ1) is 17.9. The minimum atomic E-state index is -0.421. The van der Waals surface area contributed by atoms with Crippen LogP contribution in [0.4, 0.5) is 5.69 Å². The minimum absolute atomic E-state index is 0.000000000000000222. The van der Waals surface area contributed by atoms with Crippen LogP contribution >= 0.6 is 0 Å². The highest BCUT2D eigenvalue weighted by molar-refractivity contribution is 5.62. The molecule has 1 aromatic rings. The van der Waals surface area contributed by atoms with Crippen molar-refractivity contribution >= 4 is 5.69 Å². The monoisotopic (exact) mass is 247 g/mol. The SMILES string of the molecule is CC.CO.CON(O)c1cc(C)cc(O)c1O. The number of phenolic OH excluding ortho intramolecular Hbond substituents is 2. The number of hydrogen-bond donors (Lipinski definition) is 4. The summed E-state index contributed by atoms with van der Waals surface area (Å²) >= 11 is 0. The number of rotatable bonds is 2. The Bertz CT molecular complexity index is 317. The summed E-state index contributed by atoms with van der Waals surface area (Å²) in [6.07, 6.45) is 0. The van der Waals surface area contributed by atoms with E-state index < -0.39 is 5.75 Å². The van der Waals surface area contributed by atoms with Gasteiger partial charge in [0.15, 0.2) is 11.5 Å². The van der Waals surface area contributed by atoms with Crippen molar-refractivity contribution in [3.8, 4) is 11.5 Å². The van der Waals surface area contributed by atoms with Crippen molar-refractivity contribution in [3.05, 3.63) is 17.7 Å². The highest BCUT2D eigenvalue weighted by atomic mass is 16.9. The van der Waals surface area contributed by atoms with Gasteiger partial charge in [0, 0.05) is 7.11 Å². The first-order valence-electron chi connectivity index (χ1n) is 5.06. The van der Waals surface area contributed by atoms with E-state index in [0.29, 0.717) is 10.8 Å². The Morgan fingerprint density at radius 2 is 1.59 bits per heavy atom. The van der Waals surface area contributed by atoms with Gasteiger partial charge >= 0.3 is 0 Å². The molecule has 0 heterocycles. The van der Waals surface area contributed by atoms with Crippen LogP contribution in [0.2, 0.25) is 0 Å². The molecule has 0 saturated carbocycles. The smallest absolute Gasteiger partial charge is 0.186 e. The third-order valence-electron chi connectivity index (χ3n) is 1.59. The number of aryl methyl sites for hydroxylation is 1. The summed E-state index contributed by atoms with van der Waals surface area (Å²) in [7, 11) is 2.23. The number of aliphatic hydroxyl groups is 1. The Balaban J connectivity index is 0. The van der Waals surface area contributed by atoms with E-state index in [2.05, 4.69) is 4.84 Å². The maximum Gasteiger partial charge on any atom is 0.186 e. The summed E-state index contributed by atoms with van der Waals surface area (Å²) in [6.45, 7) is 5.71. The third kappa shape index (κ3) is 5.39. The fraction of sp³-hybridized carbons (Fsp3) is 0.455. The summed E-state index contributed by atoms with van der Waals surface area (Å²) in [5.41, 5.74) is 0.696. The average Bonchev–Trinajstić information content (AvgIpc) is 2.37. The van der Waals surface area contributed by atoms with Crippen LogP contribution in [0.25, 0.3) is 0 Å². The first-order valence-corrected chi connectivity index (χ1v) is 5.06. The molecule has 6 heteroatoms. The van der Waals surface area contributed by atoms with E-state index in [1.807, 2.05) is 13.8 Å². The average molecular weight is 247 g/mol. The van der Waals surface area contributed by atoms with Crippen LogP contribution in [0.3, 0.4) is 0 Å². The van der Waals surface area contributed by atoms with E-state index in [0.717, 1.165) is 7.11 Å². The Morgan fingerprint density at radius 1 is 1.12 bits per heavy atom. The van der Waals surface area contributed by atoms with Crippen molar-refractivity contribution in [3.63, 3.8) is 0 Å². The third-order valence-corrected chi connectivity index (χ3v) is 1.59. The van der Waals surface area contributed by atoms with Crippen LogP contribution < -0.4 is 5.23 Å². The van der Waals surface area contributed by atoms with Gasteiger partial charge in [-0.3, -0.25) is 10.0 Å². The molecule has 17 heavy (non-hydrogen) atoms. The molecule has 0 aliphatic heterocycles. The lowest BCUT2D eigenvalue weighted by Gasteiger charge is -2.15. The second-order valence-corrected chi connectivity index (χ2v) is 2.61. The quantitative estimate of drug-likeness (QED) is 0.470. The van der Waals surface area contributed by atoms with Gasteiger partial charge in [-0.2, -0.15) is 0 Å². The van der Waals surface area contributed by atoms with Crippen molar-refractivity contribution in [1.29, 1.82) is 0 Å². The van der Waals surface area contributed by atoms with Crippen LogP contribution in [-0.2, 0) is 4.84 Å². The molecular weight excluding hydrogens is 226 g/mol. The number of phenols is 2. The summed E-state index contributed by atoms with van der Waals surface area (Å²) in [6, 6.07) is 2.85. The molecule has 0 aliphatic rings. The van der Waals surface area contributed by atoms with Crippen molar-refractivity contribution in [2.75, 3.05) is 19.4 Å². The molecule has 6 nitrogen and oxygen atoms in total. The van der Waals surface area contributed by atoms with E-state index in [-0.39, 0.29) is 11.4 Å². The minimum Gasteiger partial charge on any atom is -0.504 e. The van der Waals surface area contributed by atoms with Gasteiger partial charge in [0.2, 0.25) is 0 Å². The Morgan fingerprint density at radius 3 is 2.00 bits per heavy atom. The van der Waals surface area contributed by atoms with Crippen LogP contribution in [-0.4, -0.2) is 34.7 Å². The van der Waals surface area contributed by atoms with E-state index in [1.165, 1.54) is 19.2 Å². The van der Waals surface area contributed by atoms with E-state index in [4.69, 9.17) is 10.3 Å². The van der Waals surface area contributed by atoms with Crippen molar-refractivity contribution < 1.29 is 25.4 Å². The molecule has 0 bridgehead atoms. The predicted molar refractivity (Wildman–Crippen MR) is 65.3 cm³/mol. The van der Waals surface area contributed by atoms with Crippen LogP contribution in [0, 0.1) is 6.92 Å². The molecule has 0 aliphatic carbocycles. The molecule has 0 spiro atoms. The largest absolute Gasteiger partial charge is 0.504 e. The number of aromatic hydroxyl groups is 2. The Hall–Kier alpha value is -1.50. The molecule has 0 fully saturated rings. The molecule has 1 aromatic carbocycles. The van der Waals surface area contributed by atoms with Gasteiger partial charge in [0.05, 0.1) is 7.11 Å². The number of benzene rings is 1. The van der Waals surface area contributed by atoms with Crippen LogP contribution in [0.15, 0.2) is 12.1 Å². The van der Waals surface area contributed by atoms with Gasteiger partial charge in [-0.25, -0.2) is 0 Å². The lowest BCUT2D eigenvalue weighted by atomic mass is 10.2. The van der Waals surface area contributed by atoms with E-state index in [9.17, 15) is 10.2 Å². The van der Waals surface area contributed by atoms with E-state index in [1.54, 1.807) is 6.92 Å². The van der Waals surface area contributed by atoms with Crippen molar-refractivity contribution in [1.82, 2.24) is 0 Å². The zero-order chi connectivity index (χ0) is 14.0. The molecule has 0 atom stereocenters. The van der Waals surface area contributed by atoms with Crippen LogP contribution in [0.1, 0.15) is 19.4 Å². The van der Waals surface area contributed by atoms with Crippen molar-refractivity contribution in [2.45, 2.75) is 20.8 Å². The van der Waals surface area contributed by atoms with Gasteiger partial charge in [-0.15, -0.1) is 5.23 Å². The molecule has 1 rings (SSSR count). The molecule has 0 radical (unpaired) electrons. The van der Waals surface area contributed by atoms with Crippen LogP contribution in [0.5, 0.6) is 11.5 Å². The zero-order valence-electron chi connectivity index (χ0n) is 10.8. The molecular formula is C11H21NO5. The van der Waals surface area contributed by atoms with Gasteiger partial charge in [0.25, 0.3) is 0 Å². The fourth-order valence-corrected chi connectivity index (χ4v) is 0.985.